The van der Waals surface area contributed by atoms with Gasteiger partial charge < -0.3 is 30.9 Å². The number of alkyl halides is 3. The minimum absolute atomic E-state index is 0.0567. The zero-order chi connectivity index (χ0) is 35.9. The quantitative estimate of drug-likeness (QED) is 0.137. The molecule has 1 heterocycles. The zero-order valence-electron chi connectivity index (χ0n) is 27.0. The van der Waals surface area contributed by atoms with E-state index in [1.165, 1.54) is 0 Å². The number of carbonyl (C=O) groups is 2. The number of sulfone groups is 1. The third-order valence-electron chi connectivity index (χ3n) is 7.22. The molecule has 1 aliphatic rings. The molecule has 0 radical (unpaired) electrons. The van der Waals surface area contributed by atoms with Crippen LogP contribution in [0.1, 0.15) is 50.8 Å². The molecule has 3 aromatic carbocycles. The number of carbonyl (C=O) groups excluding carboxylic acids is 1. The Hall–Kier alpha value is -5.05. The summed E-state index contributed by atoms with van der Waals surface area (Å²) < 4.78 is 69.6. The van der Waals surface area contributed by atoms with Crippen molar-refractivity contribution in [1.29, 1.82) is 0 Å². The molecule has 0 aliphatic heterocycles. The van der Waals surface area contributed by atoms with Crippen LogP contribution in [0.2, 0.25) is 0 Å². The molecule has 49 heavy (non-hydrogen) atoms. The van der Waals surface area contributed by atoms with Crippen LogP contribution in [-0.2, 0) is 26.0 Å². The molecule has 1 aliphatic carbocycles. The molecule has 5 rings (SSSR count). The number of hydrogen-bond acceptors (Lipinski definition) is 9. The van der Waals surface area contributed by atoms with Crippen molar-refractivity contribution in [3.05, 3.63) is 84.1 Å². The predicted octanol–water partition coefficient (Wildman–Crippen LogP) is 6.04. The molecule has 11 nitrogen and oxygen atoms in total. The number of rotatable bonds is 12. The molecule has 0 saturated heterocycles. The minimum atomic E-state index is -5.08. The van der Waals surface area contributed by atoms with Gasteiger partial charge in [-0.3, -0.25) is 4.79 Å². The van der Waals surface area contributed by atoms with Gasteiger partial charge in [-0.25, -0.2) is 18.2 Å². The lowest BCUT2D eigenvalue weighted by Crippen LogP contribution is -2.33. The summed E-state index contributed by atoms with van der Waals surface area (Å²) in [6, 6.07) is 18.9. The SMILES string of the molecule is CCOc1cc(C(Nc2ccc3cnc(N)cc3c2)C(=O)NCc2ccccc2S(=O)(=O)C2CC2)ccc1OC(C)C.O=C(O)C(F)(F)F. The molecule has 1 unspecified atom stereocenters. The number of carboxylic acids is 1. The van der Waals surface area contributed by atoms with Crippen LogP contribution in [0.3, 0.4) is 0 Å². The highest BCUT2D eigenvalue weighted by Gasteiger charge is 2.39. The number of anilines is 2. The lowest BCUT2D eigenvalue weighted by molar-refractivity contribution is -0.192. The minimum Gasteiger partial charge on any atom is -0.490 e. The second kappa shape index (κ2) is 15.4. The van der Waals surface area contributed by atoms with Crippen LogP contribution < -0.4 is 25.8 Å². The first-order chi connectivity index (χ1) is 23.1. The Labute approximate surface area is 281 Å². The smallest absolute Gasteiger partial charge is 0.490 e. The maximum atomic E-state index is 13.9. The summed E-state index contributed by atoms with van der Waals surface area (Å²) in [5.41, 5.74) is 7.81. The highest BCUT2D eigenvalue weighted by Crippen LogP contribution is 2.36. The number of aromatic nitrogens is 1. The second-order valence-electron chi connectivity index (χ2n) is 11.4. The van der Waals surface area contributed by atoms with Crippen molar-refractivity contribution in [3.8, 4) is 11.5 Å². The van der Waals surface area contributed by atoms with Crippen LogP contribution in [0.25, 0.3) is 10.8 Å². The summed E-state index contributed by atoms with van der Waals surface area (Å²) >= 11 is 0. The van der Waals surface area contributed by atoms with Gasteiger partial charge in [0.15, 0.2) is 21.3 Å². The van der Waals surface area contributed by atoms with Gasteiger partial charge in [0, 0.05) is 23.8 Å². The van der Waals surface area contributed by atoms with Crippen molar-refractivity contribution >= 4 is 44.0 Å². The number of nitrogens with one attached hydrogen (secondary N) is 2. The average Bonchev–Trinajstić information content (AvgIpc) is 3.90. The van der Waals surface area contributed by atoms with Gasteiger partial charge in [0.05, 0.1) is 22.9 Å². The van der Waals surface area contributed by atoms with Crippen LogP contribution in [0.15, 0.2) is 77.8 Å². The molecule has 4 aromatic rings. The maximum Gasteiger partial charge on any atom is 0.490 e. The molecule has 0 bridgehead atoms. The van der Waals surface area contributed by atoms with Gasteiger partial charge in [0.1, 0.15) is 11.9 Å². The molecule has 5 N–H and O–H groups in total. The van der Waals surface area contributed by atoms with Gasteiger partial charge >= 0.3 is 12.1 Å². The number of carboxylic acid groups (broad SMARTS) is 1. The van der Waals surface area contributed by atoms with Gasteiger partial charge in [-0.15, -0.1) is 0 Å². The van der Waals surface area contributed by atoms with Gasteiger partial charge in [0.25, 0.3) is 0 Å². The molecule has 1 atom stereocenters. The van der Waals surface area contributed by atoms with Gasteiger partial charge in [-0.05, 0) is 86.5 Å². The third kappa shape index (κ3) is 9.75. The molecular weight excluding hydrogens is 665 g/mol. The highest BCUT2D eigenvalue weighted by atomic mass is 32.2. The summed E-state index contributed by atoms with van der Waals surface area (Å²) in [6.07, 6.45) is -2.10. The van der Waals surface area contributed by atoms with Crippen molar-refractivity contribution in [3.63, 3.8) is 0 Å². The Morgan fingerprint density at radius 2 is 1.71 bits per heavy atom. The van der Waals surface area contributed by atoms with E-state index < -0.39 is 28.0 Å². The first-order valence-electron chi connectivity index (χ1n) is 15.3. The Balaban J connectivity index is 0.000000698. The van der Waals surface area contributed by atoms with Crippen molar-refractivity contribution < 1.29 is 45.8 Å². The summed E-state index contributed by atoms with van der Waals surface area (Å²) in [5.74, 6) is -1.57. The Bertz CT molecular complexity index is 1920. The first-order valence-corrected chi connectivity index (χ1v) is 16.9. The lowest BCUT2D eigenvalue weighted by Gasteiger charge is -2.23. The van der Waals surface area contributed by atoms with Gasteiger partial charge in [-0.1, -0.05) is 30.3 Å². The van der Waals surface area contributed by atoms with Crippen molar-refractivity contribution in [2.24, 2.45) is 0 Å². The second-order valence-corrected chi connectivity index (χ2v) is 13.6. The molecule has 262 valence electrons. The van der Waals surface area contributed by atoms with Crippen LogP contribution in [0, 0.1) is 0 Å². The number of pyridine rings is 1. The van der Waals surface area contributed by atoms with Gasteiger partial charge in [0.2, 0.25) is 5.91 Å². The van der Waals surface area contributed by atoms with E-state index in [1.807, 2.05) is 45.0 Å². The number of hydrogen-bond donors (Lipinski definition) is 4. The maximum absolute atomic E-state index is 13.9. The molecule has 0 spiro atoms. The molecular formula is C34H37F3N4O7S. The average molecular weight is 703 g/mol. The number of nitrogens with two attached hydrogens (primary N) is 1. The van der Waals surface area contributed by atoms with E-state index in [0.717, 1.165) is 10.8 Å². The highest BCUT2D eigenvalue weighted by molar-refractivity contribution is 7.92. The fraction of sp³-hybridized carbons (Fsp3) is 0.324. The number of nitrogen functional groups attached to an aromatic ring is 1. The monoisotopic (exact) mass is 702 g/mol. The Morgan fingerprint density at radius 3 is 2.35 bits per heavy atom. The fourth-order valence-corrected chi connectivity index (χ4v) is 6.70. The van der Waals surface area contributed by atoms with E-state index in [2.05, 4.69) is 15.6 Å². The number of ether oxygens (including phenoxy) is 2. The number of halogens is 3. The molecule has 15 heteroatoms. The number of aliphatic carboxylic acids is 1. The van der Waals surface area contributed by atoms with Crippen LogP contribution >= 0.6 is 0 Å². The van der Waals surface area contributed by atoms with Crippen LogP contribution in [0.5, 0.6) is 11.5 Å². The zero-order valence-corrected chi connectivity index (χ0v) is 27.8. The third-order valence-corrected chi connectivity index (χ3v) is 9.58. The van der Waals surface area contributed by atoms with Crippen LogP contribution in [-0.4, -0.2) is 54.5 Å². The summed E-state index contributed by atoms with van der Waals surface area (Å²) in [6.45, 7) is 6.24. The molecule has 1 aromatic heterocycles. The topological polar surface area (TPSA) is 170 Å². The Kier molecular flexibility index (Phi) is 11.6. The van der Waals surface area contributed by atoms with Gasteiger partial charge in [-0.2, -0.15) is 13.2 Å². The first kappa shape index (κ1) is 36.8. The lowest BCUT2D eigenvalue weighted by atomic mass is 10.0. The normalized spacial score (nSPS) is 13.6. The van der Waals surface area contributed by atoms with Crippen LogP contribution in [0.4, 0.5) is 24.7 Å². The van der Waals surface area contributed by atoms with E-state index in [9.17, 15) is 26.4 Å². The van der Waals surface area contributed by atoms with Crippen molar-refractivity contribution in [2.75, 3.05) is 17.7 Å². The number of amides is 1. The number of fused-ring (bicyclic) bond motifs is 1. The van der Waals surface area contributed by atoms with E-state index in [4.69, 9.17) is 25.1 Å². The van der Waals surface area contributed by atoms with Crippen molar-refractivity contribution in [1.82, 2.24) is 10.3 Å². The predicted molar refractivity (Wildman–Crippen MR) is 178 cm³/mol. The largest absolute Gasteiger partial charge is 0.490 e. The van der Waals surface area contributed by atoms with E-state index in [0.29, 0.717) is 53.6 Å². The number of benzene rings is 3. The molecule has 1 fully saturated rings. The summed E-state index contributed by atoms with van der Waals surface area (Å²) in [7, 11) is -3.43. The molecule has 1 amide bonds. The van der Waals surface area contributed by atoms with E-state index in [-0.39, 0.29) is 28.7 Å². The summed E-state index contributed by atoms with van der Waals surface area (Å²) in [5, 5.41) is 14.9. The van der Waals surface area contributed by atoms with E-state index >= 15 is 0 Å². The Morgan fingerprint density at radius 1 is 1.02 bits per heavy atom. The van der Waals surface area contributed by atoms with Crippen molar-refractivity contribution in [2.45, 2.75) is 68.6 Å². The number of nitrogens with zero attached hydrogens (tertiary/aromatic N) is 1. The summed E-state index contributed by atoms with van der Waals surface area (Å²) in [4.78, 5) is 27.2. The molecule has 1 saturated carbocycles. The van der Waals surface area contributed by atoms with E-state index in [1.54, 1.807) is 48.7 Å². The standard InChI is InChI=1S/C32H36N4O5S.C2HF3O2/c1-4-40-28-16-21(10-14-27(28)41-20(2)3)31(36-25-11-9-22-18-34-30(33)17-24(22)15-25)32(37)35-19-23-7-5-6-8-29(23)42(38,39)26-12-13-26;3-2(4,5)1(6)7/h5-11,14-18,20,26,31,36H,4,12-13,19H2,1-3H3,(H2,33,34)(H,35,37);(H,6,7). The fourth-order valence-electron chi connectivity index (χ4n) is 4.81.